The lowest BCUT2D eigenvalue weighted by atomic mass is 9.87. The highest BCUT2D eigenvalue weighted by Crippen LogP contribution is 2.47. The lowest BCUT2D eigenvalue weighted by Gasteiger charge is -2.44. The molecule has 0 aromatic heterocycles. The first-order chi connectivity index (χ1) is 16.3. The van der Waals surface area contributed by atoms with Crippen LogP contribution in [0.25, 0.3) is 0 Å². The zero-order valence-electron chi connectivity index (χ0n) is 19.3. The van der Waals surface area contributed by atoms with Gasteiger partial charge in [-0.2, -0.15) is 0 Å². The average Bonchev–Trinajstić information content (AvgIpc) is 3.11. The second-order valence-electron chi connectivity index (χ2n) is 9.79. The second kappa shape index (κ2) is 8.53. The van der Waals surface area contributed by atoms with E-state index in [4.69, 9.17) is 11.6 Å². The second-order valence-corrected chi connectivity index (χ2v) is 10.2. The summed E-state index contributed by atoms with van der Waals surface area (Å²) in [5, 5.41) is 11.5. The van der Waals surface area contributed by atoms with E-state index in [-0.39, 0.29) is 28.5 Å². The first kappa shape index (κ1) is 22.6. The van der Waals surface area contributed by atoms with E-state index in [1.807, 2.05) is 29.2 Å². The van der Waals surface area contributed by atoms with Crippen molar-refractivity contribution in [2.75, 3.05) is 25.0 Å². The third-order valence-electron chi connectivity index (χ3n) is 7.27. The molecule has 0 spiro atoms. The van der Waals surface area contributed by atoms with Crippen LogP contribution in [0.1, 0.15) is 39.4 Å². The van der Waals surface area contributed by atoms with Crippen molar-refractivity contribution in [1.82, 2.24) is 0 Å². The normalized spacial score (nSPS) is 23.3. The number of halogens is 1. The maximum absolute atomic E-state index is 13.7. The number of quaternary nitrogens is 1. The lowest BCUT2D eigenvalue weighted by Crippen LogP contribution is -2.56. The summed E-state index contributed by atoms with van der Waals surface area (Å²) in [6, 6.07) is 20.5. The lowest BCUT2D eigenvalue weighted by molar-refractivity contribution is -0.928. The number of carbonyl (C=O) groups excluding carboxylic acids is 1. The fourth-order valence-electron chi connectivity index (χ4n) is 5.65. The maximum Gasteiger partial charge on any atom is 0.269 e. The quantitative estimate of drug-likeness (QED) is 0.275. The van der Waals surface area contributed by atoms with Gasteiger partial charge < -0.3 is 9.38 Å². The van der Waals surface area contributed by atoms with Crippen LogP contribution in [0, 0.1) is 17.0 Å². The molecule has 2 aliphatic heterocycles. The summed E-state index contributed by atoms with van der Waals surface area (Å²) in [5.74, 6) is 0.174. The van der Waals surface area contributed by atoms with Gasteiger partial charge in [-0.15, -0.1) is 0 Å². The van der Waals surface area contributed by atoms with Crippen molar-refractivity contribution in [3.63, 3.8) is 0 Å². The molecule has 0 N–H and O–H groups in total. The number of likely N-dealkylation sites (N-methyl/N-ethyl adjacent to an activating group) is 1. The largest absolute Gasteiger partial charge is 0.322 e. The summed E-state index contributed by atoms with van der Waals surface area (Å²) >= 11 is 6.40. The van der Waals surface area contributed by atoms with E-state index < -0.39 is 0 Å². The van der Waals surface area contributed by atoms with E-state index in [1.165, 1.54) is 11.1 Å². The minimum Gasteiger partial charge on any atom is -0.322 e. The van der Waals surface area contributed by atoms with Crippen molar-refractivity contribution < 1.29 is 14.2 Å². The molecule has 6 nitrogen and oxygen atoms in total. The number of piperidine rings is 1. The number of hydrogen-bond donors (Lipinski definition) is 0. The van der Waals surface area contributed by atoms with Gasteiger partial charge in [0, 0.05) is 29.8 Å². The fourth-order valence-corrected chi connectivity index (χ4v) is 5.87. The van der Waals surface area contributed by atoms with Crippen LogP contribution in [0.3, 0.4) is 0 Å². The van der Waals surface area contributed by atoms with E-state index in [2.05, 4.69) is 32.2 Å². The van der Waals surface area contributed by atoms with Crippen molar-refractivity contribution in [1.29, 1.82) is 0 Å². The fraction of sp³-hybridized carbons (Fsp3) is 0.296. The number of amides is 1. The van der Waals surface area contributed by atoms with Crippen molar-refractivity contribution in [2.45, 2.75) is 31.8 Å². The van der Waals surface area contributed by atoms with Crippen LogP contribution in [-0.4, -0.2) is 41.5 Å². The van der Waals surface area contributed by atoms with Gasteiger partial charge in [0.1, 0.15) is 6.54 Å². The predicted molar refractivity (Wildman–Crippen MR) is 133 cm³/mol. The van der Waals surface area contributed by atoms with E-state index in [0.29, 0.717) is 10.6 Å². The van der Waals surface area contributed by atoms with Crippen molar-refractivity contribution >= 4 is 28.9 Å². The van der Waals surface area contributed by atoms with Gasteiger partial charge in [-0.05, 0) is 42.8 Å². The van der Waals surface area contributed by atoms with E-state index in [9.17, 15) is 14.9 Å². The highest BCUT2D eigenvalue weighted by Gasteiger charge is 2.49. The van der Waals surface area contributed by atoms with E-state index in [0.717, 1.165) is 41.8 Å². The number of nitro groups is 1. The number of likely N-dealkylation sites (tertiary alicyclic amines) is 1. The number of carbonyl (C=O) groups is 1. The molecule has 0 aliphatic carbocycles. The van der Waals surface area contributed by atoms with Crippen molar-refractivity contribution in [2.24, 2.45) is 0 Å². The number of hydrogen-bond acceptors (Lipinski definition) is 3. The van der Waals surface area contributed by atoms with Crippen LogP contribution in [0.5, 0.6) is 0 Å². The number of aryl methyl sites for hydroxylation is 1. The number of nitrogens with zero attached hydrogens (tertiary/aromatic N) is 3. The Kier molecular flexibility index (Phi) is 5.66. The van der Waals surface area contributed by atoms with Crippen molar-refractivity contribution in [3.8, 4) is 0 Å². The van der Waals surface area contributed by atoms with Gasteiger partial charge >= 0.3 is 0 Å². The standard InChI is InChI=1S/C27H27ClN3O3/c1-18-7-12-25-22(15-18)23-17-31(2,16-19-8-10-20(11-9-19)30(33)34)14-13-26(23)29(25)27(32)21-5-3-4-6-24(21)28/h3-12,15,23,26H,13-14,16-17H2,1-2H3/q+1/t23-,26+,31-/m0/s1. The molecule has 0 bridgehead atoms. The third kappa shape index (κ3) is 3.97. The summed E-state index contributed by atoms with van der Waals surface area (Å²) in [7, 11) is 2.24. The molecule has 3 atom stereocenters. The first-order valence-corrected chi connectivity index (χ1v) is 11.9. The topological polar surface area (TPSA) is 63.5 Å². The molecule has 3 aromatic carbocycles. The Hall–Kier alpha value is -3.22. The molecule has 2 aliphatic rings. The predicted octanol–water partition coefficient (Wildman–Crippen LogP) is 5.72. The third-order valence-corrected chi connectivity index (χ3v) is 7.60. The van der Waals surface area contributed by atoms with Gasteiger partial charge in [-0.3, -0.25) is 14.9 Å². The Balaban J connectivity index is 1.46. The Morgan fingerprint density at radius 3 is 2.59 bits per heavy atom. The summed E-state index contributed by atoms with van der Waals surface area (Å²) < 4.78 is 0.820. The van der Waals surface area contributed by atoms with Crippen molar-refractivity contribution in [3.05, 3.63) is 104 Å². The molecule has 5 rings (SSSR count). The average molecular weight is 477 g/mol. The van der Waals surface area contributed by atoms with Crippen LogP contribution in [0.2, 0.25) is 5.02 Å². The van der Waals surface area contributed by atoms with Gasteiger partial charge in [0.15, 0.2) is 0 Å². The van der Waals surface area contributed by atoms with Gasteiger partial charge in [0.2, 0.25) is 0 Å². The van der Waals surface area contributed by atoms with Crippen LogP contribution < -0.4 is 4.90 Å². The van der Waals surface area contributed by atoms with Crippen LogP contribution in [0.4, 0.5) is 11.4 Å². The zero-order chi connectivity index (χ0) is 24.0. The Morgan fingerprint density at radius 1 is 1.15 bits per heavy atom. The number of fused-ring (bicyclic) bond motifs is 3. The molecule has 1 amide bonds. The Bertz CT molecular complexity index is 1280. The Morgan fingerprint density at radius 2 is 1.88 bits per heavy atom. The number of nitro benzene ring substituents is 1. The highest BCUT2D eigenvalue weighted by atomic mass is 35.5. The summed E-state index contributed by atoms with van der Waals surface area (Å²) in [5.41, 5.74) is 5.11. The maximum atomic E-state index is 13.7. The monoisotopic (exact) mass is 476 g/mol. The molecule has 7 heteroatoms. The Labute approximate surface area is 204 Å². The molecule has 1 fully saturated rings. The van der Waals surface area contributed by atoms with Crippen LogP contribution in [-0.2, 0) is 6.54 Å². The smallest absolute Gasteiger partial charge is 0.269 e. The summed E-state index contributed by atoms with van der Waals surface area (Å²) in [6.07, 6.45) is 0.873. The first-order valence-electron chi connectivity index (χ1n) is 11.5. The molecule has 3 aromatic rings. The highest BCUT2D eigenvalue weighted by molar-refractivity contribution is 6.34. The van der Waals surface area contributed by atoms with E-state index in [1.54, 1.807) is 24.3 Å². The van der Waals surface area contributed by atoms with Gasteiger partial charge in [-0.25, -0.2) is 0 Å². The number of non-ortho nitro benzene ring substituents is 1. The van der Waals surface area contributed by atoms with Crippen LogP contribution >= 0.6 is 11.6 Å². The molecule has 174 valence electrons. The minimum absolute atomic E-state index is 0.0466. The molecule has 2 heterocycles. The molecular weight excluding hydrogens is 450 g/mol. The molecular formula is C27H27ClN3O3+. The SMILES string of the molecule is Cc1ccc2c(c1)[C@@H]1C[N@+](C)(Cc3ccc([N+](=O)[O-])cc3)CC[C@H]1N2C(=O)c1ccccc1Cl. The molecule has 0 radical (unpaired) electrons. The zero-order valence-corrected chi connectivity index (χ0v) is 20.0. The number of benzene rings is 3. The molecule has 0 unspecified atom stereocenters. The number of anilines is 1. The molecule has 0 saturated carbocycles. The van der Waals surface area contributed by atoms with Gasteiger partial charge in [0.05, 0.1) is 47.6 Å². The van der Waals surface area contributed by atoms with Crippen LogP contribution in [0.15, 0.2) is 66.7 Å². The summed E-state index contributed by atoms with van der Waals surface area (Å²) in [4.78, 5) is 26.3. The van der Waals surface area contributed by atoms with Gasteiger partial charge in [0.25, 0.3) is 11.6 Å². The minimum atomic E-state index is -0.367. The molecule has 1 saturated heterocycles. The van der Waals surface area contributed by atoms with E-state index >= 15 is 0 Å². The summed E-state index contributed by atoms with van der Waals surface area (Å²) in [6.45, 7) is 4.68. The number of rotatable bonds is 4. The van der Waals surface area contributed by atoms with Gasteiger partial charge in [-0.1, -0.05) is 41.4 Å². The molecule has 34 heavy (non-hydrogen) atoms.